The third-order valence-corrected chi connectivity index (χ3v) is 4.60. The van der Waals surface area contributed by atoms with E-state index in [1.165, 1.54) is 4.68 Å². The fourth-order valence-corrected chi connectivity index (χ4v) is 3.12. The van der Waals surface area contributed by atoms with Crippen LogP contribution in [0.5, 0.6) is 5.75 Å². The van der Waals surface area contributed by atoms with Crippen LogP contribution in [0, 0.1) is 5.92 Å². The summed E-state index contributed by atoms with van der Waals surface area (Å²) in [6.07, 6.45) is 0. The lowest BCUT2D eigenvalue weighted by Gasteiger charge is -2.23. The summed E-state index contributed by atoms with van der Waals surface area (Å²) >= 11 is 0. The average Bonchev–Trinajstić information content (AvgIpc) is 2.68. The Hall–Kier alpha value is -3.15. The molecule has 6 heteroatoms. The first-order valence-electron chi connectivity index (χ1n) is 8.83. The molecular formula is C21H23N3O3. The molecule has 0 aliphatic carbocycles. The minimum absolute atomic E-state index is 0.168. The number of nitrogens with zero attached hydrogens (tertiary/aromatic N) is 2. The number of aryl methyl sites for hydroxylation is 1. The normalized spacial score (nSPS) is 12.2. The molecule has 0 bridgehead atoms. The van der Waals surface area contributed by atoms with Gasteiger partial charge in [0.25, 0.3) is 11.5 Å². The Labute approximate surface area is 157 Å². The summed E-state index contributed by atoms with van der Waals surface area (Å²) in [6, 6.07) is 14.5. The average molecular weight is 365 g/mol. The monoisotopic (exact) mass is 365 g/mol. The van der Waals surface area contributed by atoms with Crippen molar-refractivity contribution in [1.29, 1.82) is 0 Å². The molecule has 1 atom stereocenters. The molecule has 27 heavy (non-hydrogen) atoms. The fraction of sp³-hybridized carbons (Fsp3) is 0.286. The molecule has 1 heterocycles. The summed E-state index contributed by atoms with van der Waals surface area (Å²) in [4.78, 5) is 25.3. The van der Waals surface area contributed by atoms with E-state index in [-0.39, 0.29) is 29.1 Å². The molecule has 0 saturated carbocycles. The summed E-state index contributed by atoms with van der Waals surface area (Å²) in [5.41, 5.74) is 0.998. The summed E-state index contributed by atoms with van der Waals surface area (Å²) in [6.45, 7) is 4.09. The van der Waals surface area contributed by atoms with Crippen molar-refractivity contribution in [1.82, 2.24) is 15.1 Å². The zero-order valence-electron chi connectivity index (χ0n) is 15.9. The first kappa shape index (κ1) is 18.6. The molecule has 0 spiro atoms. The minimum Gasteiger partial charge on any atom is -0.497 e. The van der Waals surface area contributed by atoms with Crippen molar-refractivity contribution >= 4 is 16.7 Å². The van der Waals surface area contributed by atoms with Crippen LogP contribution in [0.4, 0.5) is 0 Å². The molecule has 1 unspecified atom stereocenters. The molecule has 6 nitrogen and oxygen atoms in total. The first-order chi connectivity index (χ1) is 12.9. The van der Waals surface area contributed by atoms with Crippen LogP contribution in [0.2, 0.25) is 0 Å². The van der Waals surface area contributed by atoms with E-state index in [1.807, 2.05) is 38.1 Å². The third kappa shape index (κ3) is 3.69. The molecular weight excluding hydrogens is 342 g/mol. The maximum Gasteiger partial charge on any atom is 0.274 e. The van der Waals surface area contributed by atoms with Gasteiger partial charge in [-0.1, -0.05) is 44.2 Å². The van der Waals surface area contributed by atoms with Crippen LogP contribution in [0.3, 0.4) is 0 Å². The van der Waals surface area contributed by atoms with Crippen molar-refractivity contribution in [2.45, 2.75) is 19.9 Å². The molecule has 0 radical (unpaired) electrons. The topological polar surface area (TPSA) is 73.2 Å². The molecule has 3 rings (SSSR count). The van der Waals surface area contributed by atoms with Gasteiger partial charge in [-0.25, -0.2) is 4.68 Å². The van der Waals surface area contributed by atoms with Crippen LogP contribution in [-0.2, 0) is 7.05 Å². The van der Waals surface area contributed by atoms with E-state index in [2.05, 4.69) is 10.4 Å². The number of ether oxygens (including phenoxy) is 1. The van der Waals surface area contributed by atoms with Gasteiger partial charge in [-0.05, 0) is 29.7 Å². The number of fused-ring (bicyclic) bond motifs is 1. The van der Waals surface area contributed by atoms with E-state index in [9.17, 15) is 9.59 Å². The zero-order valence-corrected chi connectivity index (χ0v) is 15.9. The number of aromatic nitrogens is 2. The van der Waals surface area contributed by atoms with Gasteiger partial charge >= 0.3 is 0 Å². The van der Waals surface area contributed by atoms with Gasteiger partial charge in [-0.3, -0.25) is 9.59 Å². The fourth-order valence-electron chi connectivity index (χ4n) is 3.12. The van der Waals surface area contributed by atoms with Crippen LogP contribution < -0.4 is 15.6 Å². The molecule has 0 fully saturated rings. The first-order valence-corrected chi connectivity index (χ1v) is 8.83. The smallest absolute Gasteiger partial charge is 0.274 e. The van der Waals surface area contributed by atoms with Gasteiger partial charge in [-0.2, -0.15) is 5.10 Å². The van der Waals surface area contributed by atoms with Gasteiger partial charge in [0.05, 0.1) is 18.5 Å². The molecule has 3 aromatic rings. The third-order valence-electron chi connectivity index (χ3n) is 4.60. The Morgan fingerprint density at radius 3 is 2.30 bits per heavy atom. The van der Waals surface area contributed by atoms with Crippen molar-refractivity contribution in [2.24, 2.45) is 13.0 Å². The predicted molar refractivity (Wildman–Crippen MR) is 105 cm³/mol. The molecule has 140 valence electrons. The Morgan fingerprint density at radius 2 is 1.70 bits per heavy atom. The van der Waals surface area contributed by atoms with Crippen LogP contribution in [0.25, 0.3) is 10.8 Å². The molecule has 2 aromatic carbocycles. The number of amides is 1. The number of methoxy groups -OCH3 is 1. The van der Waals surface area contributed by atoms with Gasteiger partial charge in [0, 0.05) is 12.4 Å². The maximum absolute atomic E-state index is 13.0. The van der Waals surface area contributed by atoms with Crippen LogP contribution in [-0.4, -0.2) is 22.8 Å². The lowest BCUT2D eigenvalue weighted by atomic mass is 9.95. The van der Waals surface area contributed by atoms with Crippen LogP contribution >= 0.6 is 0 Å². The van der Waals surface area contributed by atoms with E-state index in [4.69, 9.17) is 4.74 Å². The van der Waals surface area contributed by atoms with E-state index in [0.717, 1.165) is 11.3 Å². The van der Waals surface area contributed by atoms with E-state index in [1.54, 1.807) is 38.4 Å². The number of rotatable bonds is 5. The summed E-state index contributed by atoms with van der Waals surface area (Å²) in [5, 5.41) is 8.30. The lowest BCUT2D eigenvalue weighted by Crippen LogP contribution is -2.34. The number of carbonyl (C=O) groups is 1. The highest BCUT2D eigenvalue weighted by atomic mass is 16.5. The molecule has 0 aliphatic heterocycles. The standard InChI is InChI=1S/C21H23N3O3/c1-13(2)18(14-9-11-15(27-4)12-10-14)22-20(25)19-16-7-5-6-8-17(16)21(26)24(3)23-19/h5-13,18H,1-4H3,(H,22,25). The highest BCUT2D eigenvalue weighted by Crippen LogP contribution is 2.25. The summed E-state index contributed by atoms with van der Waals surface area (Å²) in [7, 11) is 3.17. The summed E-state index contributed by atoms with van der Waals surface area (Å²) in [5.74, 6) is 0.621. The SMILES string of the molecule is COc1ccc(C(NC(=O)c2nn(C)c(=O)c3ccccc23)C(C)C)cc1. The maximum atomic E-state index is 13.0. The van der Waals surface area contributed by atoms with Gasteiger partial charge < -0.3 is 10.1 Å². The predicted octanol–water partition coefficient (Wildman–Crippen LogP) is 3.07. The number of nitrogens with one attached hydrogen (secondary N) is 1. The van der Waals surface area contributed by atoms with Crippen molar-refractivity contribution in [3.8, 4) is 5.75 Å². The van der Waals surface area contributed by atoms with Crippen molar-refractivity contribution in [3.05, 3.63) is 70.1 Å². The second kappa shape index (κ2) is 7.61. The molecule has 1 aromatic heterocycles. The van der Waals surface area contributed by atoms with E-state index >= 15 is 0 Å². The van der Waals surface area contributed by atoms with Crippen molar-refractivity contribution < 1.29 is 9.53 Å². The van der Waals surface area contributed by atoms with Gasteiger partial charge in [0.2, 0.25) is 0 Å². The highest BCUT2D eigenvalue weighted by molar-refractivity contribution is 6.04. The molecule has 0 aliphatic rings. The van der Waals surface area contributed by atoms with E-state index in [0.29, 0.717) is 10.8 Å². The van der Waals surface area contributed by atoms with E-state index < -0.39 is 0 Å². The number of hydrogen-bond acceptors (Lipinski definition) is 4. The Balaban J connectivity index is 1.98. The largest absolute Gasteiger partial charge is 0.497 e. The number of hydrogen-bond donors (Lipinski definition) is 1. The lowest BCUT2D eigenvalue weighted by molar-refractivity contribution is 0.0920. The van der Waals surface area contributed by atoms with Gasteiger partial charge in [0.1, 0.15) is 5.75 Å². The van der Waals surface area contributed by atoms with Crippen molar-refractivity contribution in [3.63, 3.8) is 0 Å². The Morgan fingerprint density at radius 1 is 1.07 bits per heavy atom. The minimum atomic E-state index is -0.309. The highest BCUT2D eigenvalue weighted by Gasteiger charge is 2.22. The summed E-state index contributed by atoms with van der Waals surface area (Å²) < 4.78 is 6.41. The van der Waals surface area contributed by atoms with Crippen molar-refractivity contribution in [2.75, 3.05) is 7.11 Å². The Kier molecular flexibility index (Phi) is 5.26. The molecule has 1 amide bonds. The van der Waals surface area contributed by atoms with Crippen LogP contribution in [0.1, 0.15) is 35.9 Å². The molecule has 1 N–H and O–H groups in total. The Bertz CT molecular complexity index is 1020. The second-order valence-electron chi connectivity index (χ2n) is 6.79. The number of carbonyl (C=O) groups excluding carboxylic acids is 1. The van der Waals surface area contributed by atoms with Gasteiger partial charge in [0.15, 0.2) is 5.69 Å². The molecule has 0 saturated heterocycles. The quantitative estimate of drug-likeness (QED) is 0.754. The zero-order chi connectivity index (χ0) is 19.6. The van der Waals surface area contributed by atoms with Gasteiger partial charge in [-0.15, -0.1) is 0 Å². The second-order valence-corrected chi connectivity index (χ2v) is 6.79. The number of benzene rings is 2. The van der Waals surface area contributed by atoms with Crippen LogP contribution in [0.15, 0.2) is 53.3 Å².